The van der Waals surface area contributed by atoms with Crippen LogP contribution in [0.3, 0.4) is 0 Å². The van der Waals surface area contributed by atoms with Crippen LogP contribution in [0.2, 0.25) is 0 Å². The molecular formula is C13H21N3S. The second-order valence-corrected chi connectivity index (χ2v) is 6.39. The molecule has 0 radical (unpaired) electrons. The van der Waals surface area contributed by atoms with Gasteiger partial charge in [-0.25, -0.2) is 4.98 Å². The van der Waals surface area contributed by atoms with E-state index in [1.54, 1.807) is 11.3 Å². The van der Waals surface area contributed by atoms with Crippen molar-refractivity contribution in [2.24, 2.45) is 11.8 Å². The number of rotatable bonds is 5. The molecule has 2 N–H and O–H groups in total. The van der Waals surface area contributed by atoms with Gasteiger partial charge in [-0.1, -0.05) is 12.8 Å². The van der Waals surface area contributed by atoms with E-state index in [0.717, 1.165) is 17.0 Å². The van der Waals surface area contributed by atoms with E-state index in [9.17, 15) is 0 Å². The van der Waals surface area contributed by atoms with Crippen molar-refractivity contribution < 1.29 is 0 Å². The van der Waals surface area contributed by atoms with Crippen LogP contribution in [0.4, 0.5) is 10.9 Å². The van der Waals surface area contributed by atoms with E-state index in [0.29, 0.717) is 5.82 Å². The molecule has 3 nitrogen and oxygen atoms in total. The molecule has 17 heavy (non-hydrogen) atoms. The molecule has 2 fully saturated rings. The third-order valence-electron chi connectivity index (χ3n) is 4.19. The van der Waals surface area contributed by atoms with Crippen LogP contribution < -0.4 is 10.6 Å². The van der Waals surface area contributed by atoms with E-state index in [-0.39, 0.29) is 0 Å². The summed E-state index contributed by atoms with van der Waals surface area (Å²) in [5, 5.41) is 3.10. The minimum atomic E-state index is 0.678. The van der Waals surface area contributed by atoms with Crippen molar-refractivity contribution in [1.29, 1.82) is 0 Å². The number of thiazole rings is 1. The molecule has 1 aromatic heterocycles. The first-order chi connectivity index (χ1) is 8.31. The average Bonchev–Trinajstić information content (AvgIpc) is 2.59. The molecule has 0 spiro atoms. The quantitative estimate of drug-likeness (QED) is 0.874. The summed E-state index contributed by atoms with van der Waals surface area (Å²) in [6, 6.07) is 0. The Morgan fingerprint density at radius 3 is 2.12 bits per heavy atom. The molecule has 0 unspecified atom stereocenters. The highest BCUT2D eigenvalue weighted by Crippen LogP contribution is 2.34. The van der Waals surface area contributed by atoms with Crippen LogP contribution in [-0.4, -0.2) is 18.1 Å². The maximum absolute atomic E-state index is 5.74. The lowest BCUT2D eigenvalue weighted by Crippen LogP contribution is -2.37. The van der Waals surface area contributed by atoms with E-state index < -0.39 is 0 Å². The number of nitrogens with zero attached hydrogens (tertiary/aromatic N) is 2. The molecule has 0 saturated heterocycles. The van der Waals surface area contributed by atoms with Gasteiger partial charge >= 0.3 is 0 Å². The summed E-state index contributed by atoms with van der Waals surface area (Å²) in [5.74, 6) is 2.48. The second-order valence-electron chi connectivity index (χ2n) is 5.55. The van der Waals surface area contributed by atoms with Crippen molar-refractivity contribution in [3.05, 3.63) is 5.38 Å². The zero-order valence-electron chi connectivity index (χ0n) is 10.3. The number of hydrogen-bond donors (Lipinski definition) is 1. The minimum Gasteiger partial charge on any atom is -0.383 e. The highest BCUT2D eigenvalue weighted by atomic mass is 32.1. The number of nitrogen functional groups attached to an aromatic ring is 1. The van der Waals surface area contributed by atoms with Gasteiger partial charge in [-0.05, 0) is 37.5 Å². The smallest absolute Gasteiger partial charge is 0.187 e. The predicted molar refractivity (Wildman–Crippen MR) is 73.4 cm³/mol. The van der Waals surface area contributed by atoms with E-state index in [2.05, 4.69) is 9.88 Å². The monoisotopic (exact) mass is 251 g/mol. The molecule has 0 aromatic carbocycles. The number of anilines is 2. The van der Waals surface area contributed by atoms with Crippen molar-refractivity contribution in [2.45, 2.75) is 38.5 Å². The van der Waals surface area contributed by atoms with Gasteiger partial charge < -0.3 is 10.6 Å². The number of nitrogens with two attached hydrogens (primary N) is 1. The van der Waals surface area contributed by atoms with Crippen molar-refractivity contribution >= 4 is 22.3 Å². The summed E-state index contributed by atoms with van der Waals surface area (Å²) in [7, 11) is 0. The van der Waals surface area contributed by atoms with Gasteiger partial charge in [-0.15, -0.1) is 11.3 Å². The lowest BCUT2D eigenvalue weighted by atomic mass is 9.83. The van der Waals surface area contributed by atoms with Crippen LogP contribution in [0.1, 0.15) is 38.5 Å². The molecule has 0 amide bonds. The minimum absolute atomic E-state index is 0.678. The Hall–Kier alpha value is -0.770. The van der Waals surface area contributed by atoms with Gasteiger partial charge in [0.15, 0.2) is 5.13 Å². The van der Waals surface area contributed by atoms with Gasteiger partial charge in [-0.2, -0.15) is 0 Å². The molecule has 0 aliphatic heterocycles. The highest BCUT2D eigenvalue weighted by Gasteiger charge is 2.26. The zero-order valence-corrected chi connectivity index (χ0v) is 11.1. The summed E-state index contributed by atoms with van der Waals surface area (Å²) in [6.45, 7) is 2.40. The van der Waals surface area contributed by atoms with Crippen LogP contribution in [-0.2, 0) is 0 Å². The van der Waals surface area contributed by atoms with Crippen molar-refractivity contribution in [3.8, 4) is 0 Å². The largest absolute Gasteiger partial charge is 0.383 e. The molecular weight excluding hydrogens is 230 g/mol. The van der Waals surface area contributed by atoms with Crippen LogP contribution in [0.5, 0.6) is 0 Å². The van der Waals surface area contributed by atoms with Crippen molar-refractivity contribution in [1.82, 2.24) is 4.98 Å². The van der Waals surface area contributed by atoms with Crippen molar-refractivity contribution in [2.75, 3.05) is 23.7 Å². The highest BCUT2D eigenvalue weighted by molar-refractivity contribution is 7.14. The first-order valence-corrected chi connectivity index (χ1v) is 7.65. The average molecular weight is 251 g/mol. The van der Waals surface area contributed by atoms with Crippen LogP contribution in [0, 0.1) is 11.8 Å². The Bertz CT molecular complexity index is 352. The fraction of sp³-hybridized carbons (Fsp3) is 0.769. The lowest BCUT2D eigenvalue weighted by molar-refractivity contribution is 0.284. The van der Waals surface area contributed by atoms with Gasteiger partial charge in [0.1, 0.15) is 5.82 Å². The molecule has 2 aliphatic rings. The fourth-order valence-corrected chi connectivity index (χ4v) is 3.36. The molecule has 3 rings (SSSR count). The van der Waals surface area contributed by atoms with Gasteiger partial charge in [0.25, 0.3) is 0 Å². The molecule has 0 bridgehead atoms. The van der Waals surface area contributed by atoms with E-state index in [4.69, 9.17) is 5.73 Å². The Balaban J connectivity index is 1.65. The topological polar surface area (TPSA) is 42.1 Å². The summed E-state index contributed by atoms with van der Waals surface area (Å²) in [4.78, 5) is 6.95. The first kappa shape index (κ1) is 11.3. The standard InChI is InChI=1S/C13H21N3S/c14-12-9-17-13(15-12)16(7-10-3-1-4-10)8-11-5-2-6-11/h9-11H,1-8,14H2. The van der Waals surface area contributed by atoms with Gasteiger partial charge in [-0.3, -0.25) is 0 Å². The third kappa shape index (κ3) is 2.57. The van der Waals surface area contributed by atoms with Gasteiger partial charge in [0, 0.05) is 18.5 Å². The van der Waals surface area contributed by atoms with E-state index in [1.807, 2.05) is 5.38 Å². The Morgan fingerprint density at radius 1 is 1.18 bits per heavy atom. The zero-order chi connectivity index (χ0) is 11.7. The van der Waals surface area contributed by atoms with Crippen LogP contribution >= 0.6 is 11.3 Å². The number of hydrogen-bond acceptors (Lipinski definition) is 4. The van der Waals surface area contributed by atoms with Crippen molar-refractivity contribution in [3.63, 3.8) is 0 Å². The number of aromatic nitrogens is 1. The third-order valence-corrected chi connectivity index (χ3v) is 5.11. The first-order valence-electron chi connectivity index (χ1n) is 6.77. The summed E-state index contributed by atoms with van der Waals surface area (Å²) in [6.07, 6.45) is 8.46. The van der Waals surface area contributed by atoms with Crippen LogP contribution in [0.25, 0.3) is 0 Å². The second kappa shape index (κ2) is 4.84. The maximum Gasteiger partial charge on any atom is 0.187 e. The molecule has 2 saturated carbocycles. The molecule has 0 atom stereocenters. The molecule has 4 heteroatoms. The Labute approximate surface area is 107 Å². The SMILES string of the molecule is Nc1csc(N(CC2CCC2)CC2CCC2)n1. The summed E-state index contributed by atoms with van der Waals surface area (Å²) in [5.41, 5.74) is 5.74. The predicted octanol–water partition coefficient (Wildman–Crippen LogP) is 3.13. The summed E-state index contributed by atoms with van der Waals surface area (Å²) >= 11 is 1.70. The summed E-state index contributed by atoms with van der Waals surface area (Å²) < 4.78 is 0. The molecule has 1 heterocycles. The van der Waals surface area contributed by atoms with Crippen LogP contribution in [0.15, 0.2) is 5.38 Å². The molecule has 94 valence electrons. The molecule has 1 aromatic rings. The van der Waals surface area contributed by atoms with E-state index >= 15 is 0 Å². The Morgan fingerprint density at radius 2 is 1.76 bits per heavy atom. The lowest BCUT2D eigenvalue weighted by Gasteiger charge is -2.36. The normalized spacial score (nSPS) is 20.9. The molecule has 2 aliphatic carbocycles. The maximum atomic E-state index is 5.74. The van der Waals surface area contributed by atoms with E-state index in [1.165, 1.54) is 51.6 Å². The van der Waals surface area contributed by atoms with Gasteiger partial charge in [0.05, 0.1) is 0 Å². The fourth-order valence-electron chi connectivity index (χ4n) is 2.63. The van der Waals surface area contributed by atoms with Gasteiger partial charge in [0.2, 0.25) is 0 Å². The Kier molecular flexibility index (Phi) is 3.23.